The van der Waals surface area contributed by atoms with Crippen LogP contribution in [0.25, 0.3) is 0 Å². The number of alkyl halides is 2. The second kappa shape index (κ2) is 4.17. The molecular weight excluding hydrogens is 162 g/mol. The van der Waals surface area contributed by atoms with Crippen LogP contribution in [0.4, 0.5) is 8.78 Å². The molecule has 0 heterocycles. The van der Waals surface area contributed by atoms with Gasteiger partial charge in [0, 0.05) is 5.92 Å². The highest BCUT2D eigenvalue weighted by Crippen LogP contribution is 2.28. The molecule has 0 aromatic carbocycles. The Hall–Kier alpha value is -0.180. The van der Waals surface area contributed by atoms with Gasteiger partial charge in [0.05, 0.1) is 6.10 Å². The van der Waals surface area contributed by atoms with Crippen LogP contribution < -0.4 is 0 Å². The molecule has 1 nitrogen and oxygen atoms in total. The zero-order valence-electron chi connectivity index (χ0n) is 8.40. The largest absolute Gasteiger partial charge is 0.358 e. The van der Waals surface area contributed by atoms with Gasteiger partial charge in [0.2, 0.25) is 0 Å². The topological polar surface area (TPSA) is 9.23 Å². The van der Waals surface area contributed by atoms with Crippen LogP contribution in [0.15, 0.2) is 0 Å². The minimum Gasteiger partial charge on any atom is -0.317 e. The molecule has 0 saturated heterocycles. The van der Waals surface area contributed by atoms with E-state index in [2.05, 4.69) is 4.74 Å². The van der Waals surface area contributed by atoms with Gasteiger partial charge in [0.15, 0.2) is 0 Å². The summed E-state index contributed by atoms with van der Waals surface area (Å²) >= 11 is 0. The minimum absolute atomic E-state index is 0.120. The van der Waals surface area contributed by atoms with E-state index in [1.54, 1.807) is 6.92 Å². The first-order valence-electron chi connectivity index (χ1n) is 4.33. The van der Waals surface area contributed by atoms with Gasteiger partial charge in [-0.3, -0.25) is 0 Å². The van der Waals surface area contributed by atoms with Crippen LogP contribution in [0.3, 0.4) is 0 Å². The lowest BCUT2D eigenvalue weighted by Crippen LogP contribution is -2.33. The predicted molar refractivity (Wildman–Crippen MR) is 45.2 cm³/mol. The number of ether oxygens (including phenoxy) is 1. The lowest BCUT2D eigenvalue weighted by Gasteiger charge is -2.26. The van der Waals surface area contributed by atoms with Crippen molar-refractivity contribution in [2.45, 2.75) is 46.8 Å². The van der Waals surface area contributed by atoms with Crippen LogP contribution in [0.2, 0.25) is 0 Å². The maximum absolute atomic E-state index is 12.9. The van der Waals surface area contributed by atoms with E-state index in [0.717, 1.165) is 0 Å². The third-order valence-corrected chi connectivity index (χ3v) is 1.95. The molecule has 0 radical (unpaired) electrons. The molecule has 0 amide bonds. The van der Waals surface area contributed by atoms with Crippen molar-refractivity contribution in [2.24, 2.45) is 11.8 Å². The van der Waals surface area contributed by atoms with Gasteiger partial charge in [-0.25, -0.2) is 0 Å². The zero-order chi connectivity index (χ0) is 9.94. The molecule has 0 fully saturated rings. The van der Waals surface area contributed by atoms with Crippen LogP contribution in [0.5, 0.6) is 0 Å². The summed E-state index contributed by atoms with van der Waals surface area (Å²) in [6, 6.07) is 0. The molecule has 0 aliphatic heterocycles. The fourth-order valence-corrected chi connectivity index (χ4v) is 0.520. The Bertz CT molecular complexity index is 132. The fraction of sp³-hybridized carbons (Fsp3) is 1.00. The van der Waals surface area contributed by atoms with Crippen LogP contribution in [0, 0.1) is 11.8 Å². The predicted octanol–water partition coefficient (Wildman–Crippen LogP) is 3.30. The molecule has 3 heteroatoms. The fourth-order valence-electron chi connectivity index (χ4n) is 0.520. The van der Waals surface area contributed by atoms with E-state index in [4.69, 9.17) is 0 Å². The molecule has 1 atom stereocenters. The van der Waals surface area contributed by atoms with Gasteiger partial charge in [0.1, 0.15) is 0 Å². The minimum atomic E-state index is -3.00. The van der Waals surface area contributed by atoms with Gasteiger partial charge >= 0.3 is 6.11 Å². The average molecular weight is 180 g/mol. The van der Waals surface area contributed by atoms with Crippen molar-refractivity contribution < 1.29 is 13.5 Å². The number of hydrogen-bond donors (Lipinski definition) is 0. The van der Waals surface area contributed by atoms with Crippen LogP contribution in [-0.4, -0.2) is 12.2 Å². The first-order chi connectivity index (χ1) is 5.27. The van der Waals surface area contributed by atoms with Crippen molar-refractivity contribution in [1.82, 2.24) is 0 Å². The summed E-state index contributed by atoms with van der Waals surface area (Å²) in [7, 11) is 0. The summed E-state index contributed by atoms with van der Waals surface area (Å²) in [6.45, 7) is 8.29. The second-order valence-corrected chi connectivity index (χ2v) is 3.78. The first kappa shape index (κ1) is 11.8. The summed E-state index contributed by atoms with van der Waals surface area (Å²) in [5.41, 5.74) is 0. The Morgan fingerprint density at radius 2 is 1.42 bits per heavy atom. The quantitative estimate of drug-likeness (QED) is 0.645. The summed E-state index contributed by atoms with van der Waals surface area (Å²) in [4.78, 5) is 0. The van der Waals surface area contributed by atoms with Gasteiger partial charge < -0.3 is 4.74 Å². The van der Waals surface area contributed by atoms with E-state index in [9.17, 15) is 8.78 Å². The molecule has 0 spiro atoms. The SMILES string of the molecule is CC(C)[C@@H](C)OC(F)(F)C(C)C. The maximum atomic E-state index is 12.9. The monoisotopic (exact) mass is 180 g/mol. The molecule has 0 aromatic heterocycles. The summed E-state index contributed by atoms with van der Waals surface area (Å²) in [5.74, 6) is -0.645. The van der Waals surface area contributed by atoms with E-state index in [0.29, 0.717) is 0 Å². The third kappa shape index (κ3) is 3.48. The molecule has 0 bridgehead atoms. The molecule has 0 aromatic rings. The number of rotatable bonds is 4. The van der Waals surface area contributed by atoms with Gasteiger partial charge in [-0.05, 0) is 12.8 Å². The first-order valence-corrected chi connectivity index (χ1v) is 4.33. The molecule has 0 aliphatic rings. The van der Waals surface area contributed by atoms with Crippen molar-refractivity contribution in [2.75, 3.05) is 0 Å². The molecule has 0 unspecified atom stereocenters. The highest BCUT2D eigenvalue weighted by molar-refractivity contribution is 4.63. The molecule has 0 rings (SSSR count). The Labute approximate surface area is 73.1 Å². The smallest absolute Gasteiger partial charge is 0.317 e. The number of hydrogen-bond acceptors (Lipinski definition) is 1. The zero-order valence-corrected chi connectivity index (χ0v) is 8.40. The Kier molecular flexibility index (Phi) is 4.11. The van der Waals surface area contributed by atoms with E-state index in [1.165, 1.54) is 13.8 Å². The lowest BCUT2D eigenvalue weighted by atomic mass is 10.1. The second-order valence-electron chi connectivity index (χ2n) is 3.78. The van der Waals surface area contributed by atoms with Crippen LogP contribution in [-0.2, 0) is 4.74 Å². The molecule has 12 heavy (non-hydrogen) atoms. The Balaban J connectivity index is 4.05. The van der Waals surface area contributed by atoms with E-state index >= 15 is 0 Å². The highest BCUT2D eigenvalue weighted by Gasteiger charge is 2.36. The average Bonchev–Trinajstić information content (AvgIpc) is 1.85. The highest BCUT2D eigenvalue weighted by atomic mass is 19.3. The van der Waals surface area contributed by atoms with Crippen LogP contribution >= 0.6 is 0 Å². The maximum Gasteiger partial charge on any atom is 0.358 e. The summed E-state index contributed by atoms with van der Waals surface area (Å²) < 4.78 is 30.5. The van der Waals surface area contributed by atoms with Gasteiger partial charge in [-0.15, -0.1) is 0 Å². The molecule has 0 aliphatic carbocycles. The van der Waals surface area contributed by atoms with Crippen molar-refractivity contribution in [3.63, 3.8) is 0 Å². The van der Waals surface area contributed by atoms with Gasteiger partial charge in [-0.1, -0.05) is 27.7 Å². The van der Waals surface area contributed by atoms with Gasteiger partial charge in [0.25, 0.3) is 0 Å². The third-order valence-electron chi connectivity index (χ3n) is 1.95. The van der Waals surface area contributed by atoms with Gasteiger partial charge in [-0.2, -0.15) is 8.78 Å². The molecular formula is C9H18F2O. The van der Waals surface area contributed by atoms with E-state index in [-0.39, 0.29) is 5.92 Å². The Morgan fingerprint density at radius 3 is 1.67 bits per heavy atom. The van der Waals surface area contributed by atoms with Crippen LogP contribution in [0.1, 0.15) is 34.6 Å². The van der Waals surface area contributed by atoms with Crippen molar-refractivity contribution >= 4 is 0 Å². The summed E-state index contributed by atoms with van der Waals surface area (Å²) in [6.07, 6.45) is -3.40. The normalized spacial score (nSPS) is 15.8. The van der Waals surface area contributed by atoms with E-state index < -0.39 is 18.1 Å². The van der Waals surface area contributed by atoms with Crippen molar-refractivity contribution in [3.05, 3.63) is 0 Å². The summed E-state index contributed by atoms with van der Waals surface area (Å²) in [5, 5.41) is 0. The van der Waals surface area contributed by atoms with Crippen molar-refractivity contribution in [1.29, 1.82) is 0 Å². The standard InChI is InChI=1S/C9H18F2O/c1-6(2)8(5)12-9(10,11)7(3)4/h6-8H,1-5H3/t8-/m1/s1. The molecule has 74 valence electrons. The lowest BCUT2D eigenvalue weighted by molar-refractivity contribution is -0.289. The molecule has 0 N–H and O–H groups in total. The van der Waals surface area contributed by atoms with Crippen molar-refractivity contribution in [3.8, 4) is 0 Å². The number of halogens is 2. The van der Waals surface area contributed by atoms with E-state index in [1.807, 2.05) is 13.8 Å². The Morgan fingerprint density at radius 1 is 1.00 bits per heavy atom. The molecule has 0 saturated carbocycles.